The lowest BCUT2D eigenvalue weighted by Gasteiger charge is -2.22. The van der Waals surface area contributed by atoms with Crippen LogP contribution in [0.5, 0.6) is 0 Å². The van der Waals surface area contributed by atoms with E-state index in [1.165, 1.54) is 24.5 Å². The van der Waals surface area contributed by atoms with Crippen LogP contribution in [0.15, 0.2) is 11.0 Å². The summed E-state index contributed by atoms with van der Waals surface area (Å²) in [6.07, 6.45) is 0.327. The van der Waals surface area contributed by atoms with Crippen LogP contribution in [0.3, 0.4) is 0 Å². The maximum Gasteiger partial charge on any atom is 0.244 e. The Morgan fingerprint density at radius 1 is 1.50 bits per heavy atom. The molecule has 1 aliphatic rings. The average molecular weight is 339 g/mol. The molecule has 1 aliphatic heterocycles. The molecule has 6 nitrogen and oxygen atoms in total. The fourth-order valence-corrected chi connectivity index (χ4v) is 6.99. The van der Waals surface area contributed by atoms with Gasteiger partial charge in [-0.1, -0.05) is 0 Å². The van der Waals surface area contributed by atoms with Crippen molar-refractivity contribution >= 4 is 31.2 Å². The summed E-state index contributed by atoms with van der Waals surface area (Å²) < 4.78 is 49.2. The van der Waals surface area contributed by atoms with Crippen LogP contribution in [-0.2, 0) is 26.5 Å². The number of hydrogen-bond donors (Lipinski definition) is 1. The van der Waals surface area contributed by atoms with Gasteiger partial charge in [0, 0.05) is 22.8 Å². The molecule has 2 heterocycles. The summed E-state index contributed by atoms with van der Waals surface area (Å²) in [6, 6.07) is 0.942. The van der Waals surface area contributed by atoms with Gasteiger partial charge in [0.25, 0.3) is 0 Å². The van der Waals surface area contributed by atoms with Gasteiger partial charge in [-0.3, -0.25) is 0 Å². The van der Waals surface area contributed by atoms with E-state index in [9.17, 15) is 16.8 Å². The third kappa shape index (κ3) is 2.91. The van der Waals surface area contributed by atoms with Gasteiger partial charge in [-0.15, -0.1) is 11.3 Å². The van der Waals surface area contributed by atoms with Crippen LogP contribution in [0.1, 0.15) is 16.2 Å². The van der Waals surface area contributed by atoms with Gasteiger partial charge in [0.15, 0.2) is 9.84 Å². The van der Waals surface area contributed by atoms with Crippen molar-refractivity contribution in [3.8, 4) is 0 Å². The van der Waals surface area contributed by atoms with Gasteiger partial charge in [0.2, 0.25) is 10.0 Å². The fourth-order valence-electron chi connectivity index (χ4n) is 2.27. The SMILES string of the molecule is Cc1sc(CO)cc1S(=O)(=O)N(C)C1CCS(=O)(=O)C1. The Morgan fingerprint density at radius 3 is 2.60 bits per heavy atom. The molecular formula is C11H17NO5S3. The molecular weight excluding hydrogens is 322 g/mol. The molecule has 0 spiro atoms. The second-order valence-corrected chi connectivity index (χ2v) is 10.4. The monoisotopic (exact) mass is 339 g/mol. The molecule has 20 heavy (non-hydrogen) atoms. The molecule has 0 bridgehead atoms. The zero-order chi connectivity index (χ0) is 15.1. The molecule has 1 atom stereocenters. The molecule has 1 fully saturated rings. The molecule has 9 heteroatoms. The first kappa shape index (κ1) is 15.9. The van der Waals surface area contributed by atoms with Crippen molar-refractivity contribution in [1.82, 2.24) is 4.31 Å². The van der Waals surface area contributed by atoms with Gasteiger partial charge in [-0.2, -0.15) is 4.31 Å². The van der Waals surface area contributed by atoms with Gasteiger partial charge in [0.05, 0.1) is 23.0 Å². The fraction of sp³-hybridized carbons (Fsp3) is 0.636. The quantitative estimate of drug-likeness (QED) is 0.855. The largest absolute Gasteiger partial charge is 0.391 e. The Balaban J connectivity index is 2.32. The maximum atomic E-state index is 12.5. The summed E-state index contributed by atoms with van der Waals surface area (Å²) in [5.74, 6) is -0.0964. The third-order valence-corrected chi connectivity index (χ3v) is 8.41. The maximum absolute atomic E-state index is 12.5. The molecule has 1 N–H and O–H groups in total. The highest BCUT2D eigenvalue weighted by atomic mass is 32.2. The Hall–Kier alpha value is -0.480. The number of rotatable bonds is 4. The van der Waals surface area contributed by atoms with Crippen LogP contribution >= 0.6 is 11.3 Å². The molecule has 2 rings (SSSR count). The summed E-state index contributed by atoms with van der Waals surface area (Å²) in [4.78, 5) is 1.33. The number of aliphatic hydroxyl groups is 1. The Labute approximate surface area is 123 Å². The highest BCUT2D eigenvalue weighted by molar-refractivity contribution is 7.92. The highest BCUT2D eigenvalue weighted by Crippen LogP contribution is 2.30. The first-order valence-electron chi connectivity index (χ1n) is 6.06. The number of sulfone groups is 1. The predicted molar refractivity (Wildman–Crippen MR) is 77.0 cm³/mol. The summed E-state index contributed by atoms with van der Waals surface area (Å²) in [5, 5.41) is 9.08. The van der Waals surface area contributed by atoms with E-state index in [1.807, 2.05) is 0 Å². The zero-order valence-corrected chi connectivity index (χ0v) is 13.7. The average Bonchev–Trinajstić information content (AvgIpc) is 2.91. The third-order valence-electron chi connectivity index (χ3n) is 3.46. The minimum Gasteiger partial charge on any atom is -0.391 e. The molecule has 1 aromatic heterocycles. The Morgan fingerprint density at radius 2 is 2.15 bits per heavy atom. The molecule has 0 saturated carbocycles. The number of sulfonamides is 1. The van der Waals surface area contributed by atoms with E-state index in [0.717, 1.165) is 4.31 Å². The number of aliphatic hydroxyl groups excluding tert-OH is 1. The van der Waals surface area contributed by atoms with Gasteiger partial charge in [-0.05, 0) is 19.4 Å². The van der Waals surface area contributed by atoms with Crippen molar-refractivity contribution in [2.45, 2.75) is 30.9 Å². The standard InChI is InChI=1S/C11H17NO5S3/c1-8-11(5-10(6-13)18-8)20(16,17)12(2)9-3-4-19(14,15)7-9/h5,9,13H,3-4,6-7H2,1-2H3. The first-order chi connectivity index (χ1) is 9.17. The van der Waals surface area contributed by atoms with Gasteiger partial charge < -0.3 is 5.11 Å². The van der Waals surface area contributed by atoms with Crippen molar-refractivity contribution in [3.63, 3.8) is 0 Å². The lowest BCUT2D eigenvalue weighted by molar-refractivity contribution is 0.285. The van der Waals surface area contributed by atoms with Crippen molar-refractivity contribution in [3.05, 3.63) is 15.8 Å². The van der Waals surface area contributed by atoms with Crippen molar-refractivity contribution in [2.75, 3.05) is 18.6 Å². The van der Waals surface area contributed by atoms with Crippen molar-refractivity contribution in [1.29, 1.82) is 0 Å². The van der Waals surface area contributed by atoms with E-state index in [0.29, 0.717) is 16.2 Å². The first-order valence-corrected chi connectivity index (χ1v) is 10.1. The molecule has 114 valence electrons. The molecule has 1 aromatic rings. The van der Waals surface area contributed by atoms with E-state index in [1.54, 1.807) is 6.92 Å². The molecule has 1 saturated heterocycles. The van der Waals surface area contributed by atoms with Gasteiger partial charge in [-0.25, -0.2) is 16.8 Å². The van der Waals surface area contributed by atoms with E-state index in [4.69, 9.17) is 5.11 Å². The Bertz CT molecular complexity index is 704. The number of hydrogen-bond acceptors (Lipinski definition) is 6. The van der Waals surface area contributed by atoms with Gasteiger partial charge in [0.1, 0.15) is 0 Å². The summed E-state index contributed by atoms with van der Waals surface area (Å²) in [7, 11) is -5.45. The second-order valence-electron chi connectivity index (χ2n) is 4.87. The van der Waals surface area contributed by atoms with E-state index >= 15 is 0 Å². The minimum absolute atomic E-state index is 0.0298. The van der Waals surface area contributed by atoms with Crippen molar-refractivity contribution in [2.24, 2.45) is 0 Å². The van der Waals surface area contributed by atoms with E-state index in [2.05, 4.69) is 0 Å². The predicted octanol–water partition coefficient (Wildman–Crippen LogP) is 0.356. The summed E-state index contributed by atoms with van der Waals surface area (Å²) >= 11 is 1.23. The molecule has 1 unspecified atom stereocenters. The van der Waals surface area contributed by atoms with Crippen LogP contribution in [0.2, 0.25) is 0 Å². The van der Waals surface area contributed by atoms with Crippen molar-refractivity contribution < 1.29 is 21.9 Å². The van der Waals surface area contributed by atoms with Crippen LogP contribution in [0.4, 0.5) is 0 Å². The summed E-state index contributed by atoms with van der Waals surface area (Å²) in [6.45, 7) is 1.47. The summed E-state index contributed by atoms with van der Waals surface area (Å²) in [5.41, 5.74) is 0. The Kier molecular flexibility index (Phi) is 4.27. The van der Waals surface area contributed by atoms with E-state index in [-0.39, 0.29) is 23.0 Å². The smallest absolute Gasteiger partial charge is 0.244 e. The van der Waals surface area contributed by atoms with Crippen LogP contribution < -0.4 is 0 Å². The number of aryl methyl sites for hydroxylation is 1. The molecule has 0 radical (unpaired) electrons. The number of thiophene rings is 1. The zero-order valence-electron chi connectivity index (χ0n) is 11.2. The topological polar surface area (TPSA) is 91.8 Å². The normalized spacial score (nSPS) is 22.5. The molecule has 0 aromatic carbocycles. The minimum atomic E-state index is -3.72. The molecule has 0 aliphatic carbocycles. The van der Waals surface area contributed by atoms with Crippen LogP contribution in [-0.4, -0.2) is 50.8 Å². The number of nitrogens with zero attached hydrogens (tertiary/aromatic N) is 1. The van der Waals surface area contributed by atoms with Gasteiger partial charge >= 0.3 is 0 Å². The van der Waals surface area contributed by atoms with Crippen LogP contribution in [0.25, 0.3) is 0 Å². The molecule has 0 amide bonds. The highest BCUT2D eigenvalue weighted by Gasteiger charge is 2.37. The van der Waals surface area contributed by atoms with Crippen LogP contribution in [0, 0.1) is 6.92 Å². The lowest BCUT2D eigenvalue weighted by Crippen LogP contribution is -2.37. The lowest BCUT2D eigenvalue weighted by atomic mass is 10.3. The second kappa shape index (κ2) is 5.38. The van der Waals surface area contributed by atoms with E-state index < -0.39 is 25.9 Å².